The molecule has 1 N–H and O–H groups in total. The Morgan fingerprint density at radius 1 is 1.27 bits per heavy atom. The van der Waals surface area contributed by atoms with Crippen molar-refractivity contribution in [1.82, 2.24) is 19.9 Å². The highest BCUT2D eigenvalue weighted by Crippen LogP contribution is 2.25. The third kappa shape index (κ3) is 3.32. The highest BCUT2D eigenvalue weighted by atomic mass is 16.5. The lowest BCUT2D eigenvalue weighted by Gasteiger charge is -2.21. The van der Waals surface area contributed by atoms with E-state index < -0.39 is 0 Å². The minimum Gasteiger partial charge on any atom is -0.370 e. The van der Waals surface area contributed by atoms with Crippen LogP contribution in [0, 0.1) is 0 Å². The van der Waals surface area contributed by atoms with E-state index >= 15 is 0 Å². The van der Waals surface area contributed by atoms with Crippen molar-refractivity contribution >= 4 is 16.8 Å². The van der Waals surface area contributed by atoms with Gasteiger partial charge in [-0.2, -0.15) is 0 Å². The fourth-order valence-corrected chi connectivity index (χ4v) is 3.37. The molecule has 0 unspecified atom stereocenters. The van der Waals surface area contributed by atoms with Gasteiger partial charge in [-0.15, -0.1) is 0 Å². The van der Waals surface area contributed by atoms with Crippen LogP contribution in [-0.4, -0.2) is 27.0 Å². The Labute approximate surface area is 152 Å². The molecule has 1 aliphatic heterocycles. The van der Waals surface area contributed by atoms with Crippen LogP contribution in [0.5, 0.6) is 0 Å². The molecule has 6 nitrogen and oxygen atoms in total. The maximum Gasteiger partial charge on any atom is 0.253 e. The average molecular weight is 350 g/mol. The molecule has 0 spiro atoms. The molecule has 1 atom stereocenters. The van der Waals surface area contributed by atoms with Gasteiger partial charge in [-0.25, -0.2) is 9.97 Å². The molecule has 2 aromatic heterocycles. The molecular formula is C20H22N4O2. The first-order valence-electron chi connectivity index (χ1n) is 8.97. The Kier molecular flexibility index (Phi) is 4.67. The van der Waals surface area contributed by atoms with Crippen LogP contribution in [0.25, 0.3) is 10.9 Å². The monoisotopic (exact) mass is 350 g/mol. The van der Waals surface area contributed by atoms with Gasteiger partial charge in [0.25, 0.3) is 5.91 Å². The lowest BCUT2D eigenvalue weighted by atomic mass is 10.1. The van der Waals surface area contributed by atoms with E-state index in [1.807, 2.05) is 42.1 Å². The quantitative estimate of drug-likeness (QED) is 0.785. The Bertz CT molecular complexity index is 911. The van der Waals surface area contributed by atoms with E-state index in [1.54, 1.807) is 12.4 Å². The van der Waals surface area contributed by atoms with Gasteiger partial charge in [0, 0.05) is 55.3 Å². The van der Waals surface area contributed by atoms with Crippen molar-refractivity contribution in [3.63, 3.8) is 0 Å². The number of fused-ring (bicyclic) bond motifs is 1. The summed E-state index contributed by atoms with van der Waals surface area (Å²) < 4.78 is 7.67. The summed E-state index contributed by atoms with van der Waals surface area (Å²) in [7, 11) is 1.94. The molecular weight excluding hydrogens is 328 g/mol. The van der Waals surface area contributed by atoms with E-state index in [2.05, 4.69) is 15.3 Å². The Balaban J connectivity index is 1.42. The first kappa shape index (κ1) is 16.7. The summed E-state index contributed by atoms with van der Waals surface area (Å²) in [5.41, 5.74) is 2.59. The first-order chi connectivity index (χ1) is 12.7. The predicted octanol–water partition coefficient (Wildman–Crippen LogP) is 3.14. The van der Waals surface area contributed by atoms with Crippen molar-refractivity contribution in [2.45, 2.75) is 31.9 Å². The van der Waals surface area contributed by atoms with Crippen molar-refractivity contribution in [2.75, 3.05) is 6.61 Å². The SMILES string of the molecule is Cn1cc(C(=O)NCc2cnc([C@H]3CCCCO3)nc2)c2ccccc21. The number of aromatic nitrogens is 3. The number of hydrogen-bond donors (Lipinski definition) is 1. The fraction of sp³-hybridized carbons (Fsp3) is 0.350. The maximum atomic E-state index is 12.6. The van der Waals surface area contributed by atoms with Crippen LogP contribution in [0.4, 0.5) is 0 Å². The molecule has 0 radical (unpaired) electrons. The number of para-hydroxylation sites is 1. The van der Waals surface area contributed by atoms with Crippen molar-refractivity contribution < 1.29 is 9.53 Å². The van der Waals surface area contributed by atoms with Gasteiger partial charge in [-0.1, -0.05) is 18.2 Å². The second kappa shape index (κ2) is 7.25. The molecule has 0 saturated carbocycles. The fourth-order valence-electron chi connectivity index (χ4n) is 3.37. The molecule has 1 fully saturated rings. The molecule has 1 saturated heterocycles. The van der Waals surface area contributed by atoms with Crippen LogP contribution in [0.3, 0.4) is 0 Å². The molecule has 1 aliphatic rings. The molecule has 134 valence electrons. The van der Waals surface area contributed by atoms with E-state index in [9.17, 15) is 4.79 Å². The summed E-state index contributed by atoms with van der Waals surface area (Å²) >= 11 is 0. The second-order valence-electron chi connectivity index (χ2n) is 6.66. The lowest BCUT2D eigenvalue weighted by Crippen LogP contribution is -2.23. The number of nitrogens with zero attached hydrogens (tertiary/aromatic N) is 3. The highest BCUT2D eigenvalue weighted by molar-refractivity contribution is 6.06. The number of aryl methyl sites for hydroxylation is 1. The standard InChI is InChI=1S/C20H22N4O2/c1-24-13-16(15-6-2-3-7-17(15)24)20(25)23-12-14-10-21-19(22-11-14)18-8-4-5-9-26-18/h2-3,6-7,10-11,13,18H,4-5,8-9,12H2,1H3,(H,23,25)/t18-/m1/s1. The van der Waals surface area contributed by atoms with Crippen LogP contribution in [0.2, 0.25) is 0 Å². The minimum absolute atomic E-state index is 0.00285. The maximum absolute atomic E-state index is 12.6. The number of carbonyl (C=O) groups is 1. The van der Waals surface area contributed by atoms with Crippen molar-refractivity contribution in [3.05, 3.63) is 59.8 Å². The Morgan fingerprint density at radius 3 is 2.85 bits per heavy atom. The van der Waals surface area contributed by atoms with E-state index in [4.69, 9.17) is 4.74 Å². The molecule has 1 aromatic carbocycles. The molecule has 0 bridgehead atoms. The van der Waals surface area contributed by atoms with Crippen LogP contribution in [-0.2, 0) is 18.3 Å². The van der Waals surface area contributed by atoms with E-state index in [1.165, 1.54) is 0 Å². The number of amides is 1. The van der Waals surface area contributed by atoms with E-state index in [-0.39, 0.29) is 12.0 Å². The van der Waals surface area contributed by atoms with Crippen LogP contribution in [0.15, 0.2) is 42.9 Å². The predicted molar refractivity (Wildman–Crippen MR) is 98.7 cm³/mol. The minimum atomic E-state index is -0.0958. The number of ether oxygens (including phenoxy) is 1. The van der Waals surface area contributed by atoms with Crippen LogP contribution < -0.4 is 5.32 Å². The molecule has 26 heavy (non-hydrogen) atoms. The molecule has 0 aliphatic carbocycles. The molecule has 1 amide bonds. The van der Waals surface area contributed by atoms with Gasteiger partial charge in [-0.3, -0.25) is 4.79 Å². The van der Waals surface area contributed by atoms with Crippen molar-refractivity contribution in [3.8, 4) is 0 Å². The largest absolute Gasteiger partial charge is 0.370 e. The summed E-state index contributed by atoms with van der Waals surface area (Å²) in [5, 5.41) is 3.91. The van der Waals surface area contributed by atoms with E-state index in [0.717, 1.165) is 48.2 Å². The zero-order chi connectivity index (χ0) is 17.9. The van der Waals surface area contributed by atoms with Gasteiger partial charge in [0.05, 0.1) is 5.56 Å². The summed E-state index contributed by atoms with van der Waals surface area (Å²) in [6, 6.07) is 7.89. The van der Waals surface area contributed by atoms with Gasteiger partial charge >= 0.3 is 0 Å². The zero-order valence-corrected chi connectivity index (χ0v) is 14.8. The van der Waals surface area contributed by atoms with Gasteiger partial charge < -0.3 is 14.6 Å². The van der Waals surface area contributed by atoms with Crippen molar-refractivity contribution in [1.29, 1.82) is 0 Å². The number of carbonyl (C=O) groups excluding carboxylic acids is 1. The Morgan fingerprint density at radius 2 is 2.08 bits per heavy atom. The van der Waals surface area contributed by atoms with Crippen molar-refractivity contribution in [2.24, 2.45) is 7.05 Å². The highest BCUT2D eigenvalue weighted by Gasteiger charge is 2.18. The number of nitrogens with one attached hydrogen (secondary N) is 1. The number of benzene rings is 1. The van der Waals surface area contributed by atoms with Gasteiger partial charge in [0.15, 0.2) is 5.82 Å². The summed E-state index contributed by atoms with van der Waals surface area (Å²) in [4.78, 5) is 21.4. The summed E-state index contributed by atoms with van der Waals surface area (Å²) in [5.74, 6) is 0.635. The van der Waals surface area contributed by atoms with Gasteiger partial charge in [-0.05, 0) is 25.3 Å². The zero-order valence-electron chi connectivity index (χ0n) is 14.8. The van der Waals surface area contributed by atoms with Gasteiger partial charge in [0.2, 0.25) is 0 Å². The second-order valence-corrected chi connectivity index (χ2v) is 6.66. The van der Waals surface area contributed by atoms with E-state index in [0.29, 0.717) is 12.1 Å². The topological polar surface area (TPSA) is 69.0 Å². The van der Waals surface area contributed by atoms with Gasteiger partial charge in [0.1, 0.15) is 6.10 Å². The summed E-state index contributed by atoms with van der Waals surface area (Å²) in [6.45, 7) is 1.17. The average Bonchev–Trinajstić information content (AvgIpc) is 3.04. The smallest absolute Gasteiger partial charge is 0.253 e. The van der Waals surface area contributed by atoms with Crippen LogP contribution >= 0.6 is 0 Å². The molecule has 4 rings (SSSR count). The van der Waals surface area contributed by atoms with Crippen LogP contribution in [0.1, 0.15) is 47.1 Å². The first-order valence-corrected chi connectivity index (χ1v) is 8.97. The summed E-state index contributed by atoms with van der Waals surface area (Å²) in [6.07, 6.45) is 8.62. The molecule has 6 heteroatoms. The molecule has 3 aromatic rings. The third-order valence-electron chi connectivity index (χ3n) is 4.79. The molecule has 3 heterocycles. The Hall–Kier alpha value is -2.73. The normalized spacial score (nSPS) is 17.3. The number of hydrogen-bond acceptors (Lipinski definition) is 4. The lowest BCUT2D eigenvalue weighted by molar-refractivity contribution is 0.00940. The number of rotatable bonds is 4. The third-order valence-corrected chi connectivity index (χ3v) is 4.79.